The average Bonchev–Trinajstić information content (AvgIpc) is 2.36. The zero-order valence-corrected chi connectivity index (χ0v) is 11.6. The first-order valence-electron chi connectivity index (χ1n) is 6.19. The van der Waals surface area contributed by atoms with Crippen molar-refractivity contribution in [3.8, 4) is 0 Å². The number of halogens is 3. The predicted octanol–water partition coefficient (Wildman–Crippen LogP) is 1.38. The van der Waals surface area contributed by atoms with E-state index in [0.717, 1.165) is 0 Å². The fraction of sp³-hybridized carbons (Fsp3) is 0.500. The zero-order chi connectivity index (χ0) is 14.9. The van der Waals surface area contributed by atoms with Crippen molar-refractivity contribution >= 4 is 10.0 Å². The summed E-state index contributed by atoms with van der Waals surface area (Å²) in [5.74, 6) is -4.10. The van der Waals surface area contributed by atoms with Gasteiger partial charge in [-0.3, -0.25) is 0 Å². The van der Waals surface area contributed by atoms with Crippen LogP contribution in [0.25, 0.3) is 0 Å². The summed E-state index contributed by atoms with van der Waals surface area (Å²) >= 11 is 0. The van der Waals surface area contributed by atoms with Crippen LogP contribution in [-0.4, -0.2) is 27.5 Å². The standard InChI is InChI=1S/C12H15F3N2O2S/c1-7-6-16-3-2-11(7)17-20(18,19)12-5-9(14)8(13)4-10(12)15/h4-5,7,11,16-17H,2-3,6H2,1H3. The first-order valence-corrected chi connectivity index (χ1v) is 7.67. The molecule has 0 radical (unpaired) electrons. The molecule has 8 heteroatoms. The highest BCUT2D eigenvalue weighted by Crippen LogP contribution is 2.20. The molecule has 2 rings (SSSR count). The van der Waals surface area contributed by atoms with E-state index in [4.69, 9.17) is 0 Å². The van der Waals surface area contributed by atoms with Gasteiger partial charge >= 0.3 is 0 Å². The molecule has 112 valence electrons. The third-order valence-corrected chi connectivity index (χ3v) is 4.86. The molecule has 4 nitrogen and oxygen atoms in total. The molecule has 1 aliphatic rings. The van der Waals surface area contributed by atoms with Crippen LogP contribution in [-0.2, 0) is 10.0 Å². The highest BCUT2D eigenvalue weighted by Gasteiger charge is 2.29. The number of piperidine rings is 1. The minimum Gasteiger partial charge on any atom is -0.316 e. The van der Waals surface area contributed by atoms with Gasteiger partial charge in [0.2, 0.25) is 10.0 Å². The van der Waals surface area contributed by atoms with Gasteiger partial charge < -0.3 is 5.32 Å². The molecule has 1 aromatic carbocycles. The number of rotatable bonds is 3. The molecule has 0 amide bonds. The van der Waals surface area contributed by atoms with E-state index in [2.05, 4.69) is 10.0 Å². The lowest BCUT2D eigenvalue weighted by molar-refractivity contribution is 0.327. The first-order chi connectivity index (χ1) is 9.31. The van der Waals surface area contributed by atoms with Crippen LogP contribution >= 0.6 is 0 Å². The Hall–Kier alpha value is -1.12. The molecule has 1 aliphatic heterocycles. The minimum atomic E-state index is -4.22. The first kappa shape index (κ1) is 15.3. The third-order valence-electron chi connectivity index (χ3n) is 3.36. The van der Waals surface area contributed by atoms with Crippen LogP contribution in [0.1, 0.15) is 13.3 Å². The van der Waals surface area contributed by atoms with Gasteiger partial charge in [-0.25, -0.2) is 26.3 Å². The summed E-state index contributed by atoms with van der Waals surface area (Å²) in [7, 11) is -4.22. The van der Waals surface area contributed by atoms with Crippen molar-refractivity contribution in [2.75, 3.05) is 13.1 Å². The smallest absolute Gasteiger partial charge is 0.243 e. The molecule has 0 bridgehead atoms. The summed E-state index contributed by atoms with van der Waals surface area (Å²) in [5, 5.41) is 3.10. The fourth-order valence-electron chi connectivity index (χ4n) is 2.16. The molecule has 2 atom stereocenters. The largest absolute Gasteiger partial charge is 0.316 e. The zero-order valence-electron chi connectivity index (χ0n) is 10.8. The quantitative estimate of drug-likeness (QED) is 0.830. The van der Waals surface area contributed by atoms with Crippen molar-refractivity contribution in [1.82, 2.24) is 10.0 Å². The lowest BCUT2D eigenvalue weighted by Crippen LogP contribution is -2.48. The van der Waals surface area contributed by atoms with Crippen LogP contribution < -0.4 is 10.0 Å². The second-order valence-electron chi connectivity index (χ2n) is 4.89. The highest BCUT2D eigenvalue weighted by molar-refractivity contribution is 7.89. The van der Waals surface area contributed by atoms with Gasteiger partial charge in [-0.05, 0) is 31.5 Å². The van der Waals surface area contributed by atoms with Crippen molar-refractivity contribution in [1.29, 1.82) is 0 Å². The fourth-order valence-corrected chi connectivity index (χ4v) is 3.61. The second kappa shape index (κ2) is 5.71. The Morgan fingerprint density at radius 3 is 2.50 bits per heavy atom. The van der Waals surface area contributed by atoms with E-state index in [1.165, 1.54) is 0 Å². The number of hydrogen-bond donors (Lipinski definition) is 2. The van der Waals surface area contributed by atoms with Crippen LogP contribution in [0.4, 0.5) is 13.2 Å². The molecule has 0 saturated carbocycles. The molecule has 0 aromatic heterocycles. The molecule has 1 saturated heterocycles. The van der Waals surface area contributed by atoms with E-state index >= 15 is 0 Å². The van der Waals surface area contributed by atoms with E-state index in [1.807, 2.05) is 6.92 Å². The SMILES string of the molecule is CC1CNCCC1NS(=O)(=O)c1cc(F)c(F)cc1F. The maximum Gasteiger partial charge on any atom is 0.243 e. The molecule has 0 aliphatic carbocycles. The highest BCUT2D eigenvalue weighted by atomic mass is 32.2. The Balaban J connectivity index is 2.28. The molecule has 1 aromatic rings. The van der Waals surface area contributed by atoms with Gasteiger partial charge in [0.15, 0.2) is 11.6 Å². The van der Waals surface area contributed by atoms with Crippen LogP contribution in [0, 0.1) is 23.4 Å². The van der Waals surface area contributed by atoms with E-state index in [-0.39, 0.29) is 18.0 Å². The summed E-state index contributed by atoms with van der Waals surface area (Å²) in [6.07, 6.45) is 0.547. The summed E-state index contributed by atoms with van der Waals surface area (Å²) in [6, 6.07) is 0.225. The normalized spacial score (nSPS) is 23.8. The molecular formula is C12H15F3N2O2S. The van der Waals surface area contributed by atoms with Crippen LogP contribution in [0.5, 0.6) is 0 Å². The molecule has 2 unspecified atom stereocenters. The van der Waals surface area contributed by atoms with E-state index < -0.39 is 32.4 Å². The topological polar surface area (TPSA) is 58.2 Å². The van der Waals surface area contributed by atoms with Crippen LogP contribution in [0.2, 0.25) is 0 Å². The Kier molecular flexibility index (Phi) is 4.36. The van der Waals surface area contributed by atoms with Gasteiger partial charge in [0.25, 0.3) is 0 Å². The van der Waals surface area contributed by atoms with Gasteiger partial charge in [0.05, 0.1) is 0 Å². The molecular weight excluding hydrogens is 293 g/mol. The van der Waals surface area contributed by atoms with Crippen LogP contribution in [0.15, 0.2) is 17.0 Å². The van der Waals surface area contributed by atoms with E-state index in [9.17, 15) is 21.6 Å². The Morgan fingerprint density at radius 1 is 1.20 bits per heavy atom. The van der Waals surface area contributed by atoms with Gasteiger partial charge in [-0.15, -0.1) is 0 Å². The summed E-state index contributed by atoms with van der Waals surface area (Å²) < 4.78 is 66.0. The number of hydrogen-bond acceptors (Lipinski definition) is 3. The van der Waals surface area contributed by atoms with Crippen LogP contribution in [0.3, 0.4) is 0 Å². The number of benzene rings is 1. The van der Waals surface area contributed by atoms with Gasteiger partial charge in [0.1, 0.15) is 10.7 Å². The van der Waals surface area contributed by atoms with E-state index in [1.54, 1.807) is 0 Å². The Morgan fingerprint density at radius 2 is 1.85 bits per heavy atom. The van der Waals surface area contributed by atoms with Crippen molar-refractivity contribution in [2.45, 2.75) is 24.3 Å². The molecule has 1 fully saturated rings. The summed E-state index contributed by atoms with van der Waals surface area (Å²) in [5.41, 5.74) is 0. The number of sulfonamides is 1. The maximum atomic E-state index is 13.5. The minimum absolute atomic E-state index is 0.0203. The monoisotopic (exact) mass is 308 g/mol. The maximum absolute atomic E-state index is 13.5. The third kappa shape index (κ3) is 3.13. The molecule has 1 heterocycles. The Bertz CT molecular complexity index is 607. The Labute approximate surface area is 115 Å². The lowest BCUT2D eigenvalue weighted by atomic mass is 9.97. The molecule has 0 spiro atoms. The molecule has 20 heavy (non-hydrogen) atoms. The second-order valence-corrected chi connectivity index (χ2v) is 6.58. The number of nitrogens with one attached hydrogen (secondary N) is 2. The van der Waals surface area contributed by atoms with E-state index in [0.29, 0.717) is 25.6 Å². The van der Waals surface area contributed by atoms with Crippen molar-refractivity contribution in [3.63, 3.8) is 0 Å². The summed E-state index contributed by atoms with van der Waals surface area (Å²) in [4.78, 5) is -0.873. The predicted molar refractivity (Wildman–Crippen MR) is 67.1 cm³/mol. The van der Waals surface area contributed by atoms with Gasteiger partial charge in [-0.1, -0.05) is 6.92 Å². The summed E-state index contributed by atoms with van der Waals surface area (Å²) in [6.45, 7) is 3.12. The van der Waals surface area contributed by atoms with Gasteiger partial charge in [0, 0.05) is 12.1 Å². The van der Waals surface area contributed by atoms with Crippen molar-refractivity contribution in [3.05, 3.63) is 29.6 Å². The lowest BCUT2D eigenvalue weighted by Gasteiger charge is -2.29. The average molecular weight is 308 g/mol. The van der Waals surface area contributed by atoms with Gasteiger partial charge in [-0.2, -0.15) is 0 Å². The van der Waals surface area contributed by atoms with Crippen molar-refractivity contribution < 1.29 is 21.6 Å². The van der Waals surface area contributed by atoms with Crippen molar-refractivity contribution in [2.24, 2.45) is 5.92 Å². The molecule has 2 N–H and O–H groups in total.